The number of hydrogen-bond acceptors (Lipinski definition) is 4. The van der Waals surface area contributed by atoms with Gasteiger partial charge in [0.05, 0.1) is 16.7 Å². The Labute approximate surface area is 128 Å². The third-order valence-electron chi connectivity index (χ3n) is 2.67. The van der Waals surface area contributed by atoms with Gasteiger partial charge >= 0.3 is 0 Å². The standard InChI is InChI=1S/C12H11BrF2N2O3S/c1-6-12(2-7(5-16)20-6)21(18,19)17-11-3-8(13)9(14)4-10(11)15/h2-4,17H,5,16H2,1H3. The summed E-state index contributed by atoms with van der Waals surface area (Å²) in [5.74, 6) is -1.45. The molecule has 2 aromatic rings. The number of nitrogens with two attached hydrogens (primary N) is 1. The molecule has 9 heteroatoms. The van der Waals surface area contributed by atoms with Gasteiger partial charge in [-0.05, 0) is 28.9 Å². The first-order chi connectivity index (χ1) is 9.74. The first-order valence-electron chi connectivity index (χ1n) is 5.71. The van der Waals surface area contributed by atoms with E-state index < -0.39 is 21.7 Å². The summed E-state index contributed by atoms with van der Waals surface area (Å²) in [7, 11) is -4.07. The number of nitrogens with one attached hydrogen (secondary N) is 1. The molecule has 2 rings (SSSR count). The second kappa shape index (κ2) is 5.74. The lowest BCUT2D eigenvalue weighted by atomic mass is 10.3. The summed E-state index contributed by atoms with van der Waals surface area (Å²) < 4.78 is 58.3. The predicted octanol–water partition coefficient (Wildman–Crippen LogP) is 2.89. The largest absolute Gasteiger partial charge is 0.464 e. The summed E-state index contributed by atoms with van der Waals surface area (Å²) in [6.07, 6.45) is 0. The third-order valence-corrected chi connectivity index (χ3v) is 4.75. The predicted molar refractivity (Wildman–Crippen MR) is 76.2 cm³/mol. The molecule has 1 aromatic carbocycles. The van der Waals surface area contributed by atoms with Crippen LogP contribution in [0.1, 0.15) is 11.5 Å². The van der Waals surface area contributed by atoms with Crippen molar-refractivity contribution in [3.63, 3.8) is 0 Å². The highest BCUT2D eigenvalue weighted by Crippen LogP contribution is 2.27. The van der Waals surface area contributed by atoms with Gasteiger partial charge in [0.1, 0.15) is 28.1 Å². The Morgan fingerprint density at radius 3 is 2.52 bits per heavy atom. The number of rotatable bonds is 4. The highest BCUT2D eigenvalue weighted by Gasteiger charge is 2.23. The van der Waals surface area contributed by atoms with Crippen molar-refractivity contribution >= 4 is 31.6 Å². The van der Waals surface area contributed by atoms with E-state index in [1.54, 1.807) is 0 Å². The van der Waals surface area contributed by atoms with Crippen LogP contribution in [0.5, 0.6) is 0 Å². The van der Waals surface area contributed by atoms with Crippen LogP contribution in [-0.2, 0) is 16.6 Å². The summed E-state index contributed by atoms with van der Waals surface area (Å²) in [5, 5.41) is 0. The maximum Gasteiger partial charge on any atom is 0.265 e. The molecule has 1 heterocycles. The SMILES string of the molecule is Cc1oc(CN)cc1S(=O)(=O)Nc1cc(Br)c(F)cc1F. The molecule has 0 atom stereocenters. The minimum absolute atomic E-state index is 0.0345. The number of aryl methyl sites for hydroxylation is 1. The molecule has 0 saturated carbocycles. The molecule has 0 aliphatic heterocycles. The van der Waals surface area contributed by atoms with E-state index in [1.165, 1.54) is 13.0 Å². The van der Waals surface area contributed by atoms with Crippen LogP contribution >= 0.6 is 15.9 Å². The Balaban J connectivity index is 2.42. The second-order valence-electron chi connectivity index (χ2n) is 4.19. The normalized spacial score (nSPS) is 11.7. The van der Waals surface area contributed by atoms with E-state index in [9.17, 15) is 17.2 Å². The molecule has 3 N–H and O–H groups in total. The lowest BCUT2D eigenvalue weighted by Crippen LogP contribution is -2.14. The van der Waals surface area contributed by atoms with E-state index in [0.29, 0.717) is 6.07 Å². The Bertz CT molecular complexity index is 790. The highest BCUT2D eigenvalue weighted by atomic mass is 79.9. The van der Waals surface area contributed by atoms with Crippen molar-refractivity contribution in [3.8, 4) is 0 Å². The number of halogens is 3. The quantitative estimate of drug-likeness (QED) is 0.798. The number of hydrogen-bond donors (Lipinski definition) is 2. The van der Waals surface area contributed by atoms with E-state index in [1.807, 2.05) is 4.72 Å². The Kier molecular flexibility index (Phi) is 4.35. The summed E-state index contributed by atoms with van der Waals surface area (Å²) in [5.41, 5.74) is 4.99. The molecular formula is C12H11BrF2N2O3S. The van der Waals surface area contributed by atoms with Gasteiger partial charge in [-0.2, -0.15) is 0 Å². The highest BCUT2D eigenvalue weighted by molar-refractivity contribution is 9.10. The number of benzene rings is 1. The monoisotopic (exact) mass is 380 g/mol. The fraction of sp³-hybridized carbons (Fsp3) is 0.167. The molecule has 0 bridgehead atoms. The van der Waals surface area contributed by atoms with Gasteiger partial charge in [-0.3, -0.25) is 4.72 Å². The molecule has 0 fully saturated rings. The number of anilines is 1. The van der Waals surface area contributed by atoms with Gasteiger partial charge in [0.25, 0.3) is 10.0 Å². The third kappa shape index (κ3) is 3.25. The lowest BCUT2D eigenvalue weighted by Gasteiger charge is -2.09. The van der Waals surface area contributed by atoms with Crippen molar-refractivity contribution in [1.82, 2.24) is 0 Å². The molecule has 5 nitrogen and oxygen atoms in total. The van der Waals surface area contributed by atoms with Gasteiger partial charge in [-0.15, -0.1) is 0 Å². The Morgan fingerprint density at radius 2 is 1.95 bits per heavy atom. The van der Waals surface area contributed by atoms with Gasteiger partial charge in [0.15, 0.2) is 0 Å². The summed E-state index contributed by atoms with van der Waals surface area (Å²) in [4.78, 5) is -0.150. The van der Waals surface area contributed by atoms with Crippen LogP contribution in [0.3, 0.4) is 0 Å². The topological polar surface area (TPSA) is 85.3 Å². The molecule has 0 saturated heterocycles. The minimum Gasteiger partial charge on any atom is -0.464 e. The molecule has 0 amide bonds. The van der Waals surface area contributed by atoms with Crippen LogP contribution in [0.4, 0.5) is 14.5 Å². The van der Waals surface area contributed by atoms with Crippen molar-refractivity contribution in [2.24, 2.45) is 5.73 Å². The van der Waals surface area contributed by atoms with Gasteiger partial charge in [-0.1, -0.05) is 0 Å². The van der Waals surface area contributed by atoms with Crippen LogP contribution in [0.2, 0.25) is 0 Å². The van der Waals surface area contributed by atoms with E-state index >= 15 is 0 Å². The molecule has 0 unspecified atom stereocenters. The molecule has 21 heavy (non-hydrogen) atoms. The molecule has 0 spiro atoms. The Hall–Kier alpha value is -1.45. The zero-order chi connectivity index (χ0) is 15.8. The van der Waals surface area contributed by atoms with E-state index in [0.717, 1.165) is 6.07 Å². The van der Waals surface area contributed by atoms with Crippen molar-refractivity contribution in [2.45, 2.75) is 18.4 Å². The fourth-order valence-electron chi connectivity index (χ4n) is 1.69. The smallest absolute Gasteiger partial charge is 0.265 e. The molecule has 0 aliphatic rings. The number of sulfonamides is 1. The first kappa shape index (κ1) is 15.9. The van der Waals surface area contributed by atoms with Crippen molar-refractivity contribution < 1.29 is 21.6 Å². The van der Waals surface area contributed by atoms with Gasteiger partial charge in [0, 0.05) is 12.1 Å². The van der Waals surface area contributed by atoms with E-state index in [4.69, 9.17) is 10.2 Å². The average Bonchev–Trinajstić information content (AvgIpc) is 2.78. The summed E-state index contributed by atoms with van der Waals surface area (Å²) >= 11 is 2.86. The molecular weight excluding hydrogens is 370 g/mol. The molecule has 1 aromatic heterocycles. The van der Waals surface area contributed by atoms with E-state index in [-0.39, 0.29) is 33.1 Å². The number of furan rings is 1. The van der Waals surface area contributed by atoms with Gasteiger partial charge < -0.3 is 10.2 Å². The second-order valence-corrected chi connectivity index (χ2v) is 6.69. The van der Waals surface area contributed by atoms with Crippen LogP contribution in [0, 0.1) is 18.6 Å². The zero-order valence-corrected chi connectivity index (χ0v) is 13.2. The maximum absolute atomic E-state index is 13.6. The van der Waals surface area contributed by atoms with Crippen LogP contribution < -0.4 is 10.5 Å². The lowest BCUT2D eigenvalue weighted by molar-refractivity contribution is 0.479. The molecule has 114 valence electrons. The zero-order valence-electron chi connectivity index (χ0n) is 10.8. The van der Waals surface area contributed by atoms with Crippen molar-refractivity contribution in [1.29, 1.82) is 0 Å². The van der Waals surface area contributed by atoms with Crippen LogP contribution in [-0.4, -0.2) is 8.42 Å². The summed E-state index contributed by atoms with van der Waals surface area (Å²) in [6, 6.07) is 2.84. The van der Waals surface area contributed by atoms with Gasteiger partial charge in [-0.25, -0.2) is 17.2 Å². The molecule has 0 radical (unpaired) electrons. The summed E-state index contributed by atoms with van der Waals surface area (Å²) in [6.45, 7) is 1.48. The first-order valence-corrected chi connectivity index (χ1v) is 7.99. The fourth-order valence-corrected chi connectivity index (χ4v) is 3.30. The van der Waals surface area contributed by atoms with Crippen LogP contribution in [0.15, 0.2) is 32.0 Å². The van der Waals surface area contributed by atoms with Crippen molar-refractivity contribution in [2.75, 3.05) is 4.72 Å². The maximum atomic E-state index is 13.6. The van der Waals surface area contributed by atoms with E-state index in [2.05, 4.69) is 15.9 Å². The average molecular weight is 381 g/mol. The molecule has 0 aliphatic carbocycles. The van der Waals surface area contributed by atoms with Gasteiger partial charge in [0.2, 0.25) is 0 Å². The Morgan fingerprint density at radius 1 is 1.29 bits per heavy atom. The van der Waals surface area contributed by atoms with Crippen LogP contribution in [0.25, 0.3) is 0 Å². The minimum atomic E-state index is -4.07. The van der Waals surface area contributed by atoms with Crippen molar-refractivity contribution in [3.05, 3.63) is 45.8 Å².